The molecule has 0 amide bonds. The van der Waals surface area contributed by atoms with Crippen LogP contribution in [0, 0.1) is 13.8 Å². The van der Waals surface area contributed by atoms with Crippen LogP contribution in [0.15, 0.2) is 24.5 Å². The highest BCUT2D eigenvalue weighted by Crippen LogP contribution is 2.34. The molecular weight excluding hydrogens is 278 g/mol. The van der Waals surface area contributed by atoms with Crippen LogP contribution < -0.4 is 5.32 Å². The molecule has 0 spiro atoms. The van der Waals surface area contributed by atoms with Gasteiger partial charge >= 0.3 is 0 Å². The second kappa shape index (κ2) is 4.81. The lowest BCUT2D eigenvalue weighted by Crippen LogP contribution is -1.96. The van der Waals surface area contributed by atoms with E-state index in [9.17, 15) is 0 Å². The van der Waals surface area contributed by atoms with Crippen molar-refractivity contribution in [3.8, 4) is 0 Å². The fourth-order valence-electron chi connectivity index (χ4n) is 3.06. The van der Waals surface area contributed by atoms with Gasteiger partial charge < -0.3 is 5.32 Å². The number of nitrogens with one attached hydrogen (secondary N) is 1. The quantitative estimate of drug-likeness (QED) is 0.754. The number of hydrogen-bond acceptors (Lipinski definition) is 4. The monoisotopic (exact) mass is 295 g/mol. The molecule has 3 aromatic rings. The van der Waals surface area contributed by atoms with Gasteiger partial charge in [0.15, 0.2) is 0 Å². The van der Waals surface area contributed by atoms with Gasteiger partial charge in [-0.15, -0.1) is 11.3 Å². The predicted octanol–water partition coefficient (Wildman–Crippen LogP) is 4.54. The molecule has 4 heteroatoms. The molecule has 1 aromatic carbocycles. The Morgan fingerprint density at radius 3 is 2.86 bits per heavy atom. The van der Waals surface area contributed by atoms with Gasteiger partial charge in [0.2, 0.25) is 0 Å². The fourth-order valence-corrected chi connectivity index (χ4v) is 4.06. The molecule has 1 aliphatic carbocycles. The number of aromatic nitrogens is 2. The zero-order valence-electron chi connectivity index (χ0n) is 12.2. The number of aryl methyl sites for hydroxylation is 4. The van der Waals surface area contributed by atoms with E-state index in [0.29, 0.717) is 0 Å². The first-order valence-electron chi connectivity index (χ1n) is 7.32. The molecule has 1 N–H and O–H groups in total. The van der Waals surface area contributed by atoms with E-state index >= 15 is 0 Å². The first-order valence-corrected chi connectivity index (χ1v) is 8.13. The summed E-state index contributed by atoms with van der Waals surface area (Å²) >= 11 is 1.73. The topological polar surface area (TPSA) is 37.8 Å². The van der Waals surface area contributed by atoms with E-state index in [-0.39, 0.29) is 0 Å². The Morgan fingerprint density at radius 2 is 1.95 bits per heavy atom. The third-order valence-corrected chi connectivity index (χ3v) is 5.44. The smallest absolute Gasteiger partial charge is 0.142 e. The summed E-state index contributed by atoms with van der Waals surface area (Å²) < 4.78 is 0. The fraction of sp³-hybridized carbons (Fsp3) is 0.294. The van der Waals surface area contributed by atoms with Crippen LogP contribution in [0.3, 0.4) is 0 Å². The minimum Gasteiger partial charge on any atom is -0.340 e. The van der Waals surface area contributed by atoms with Crippen molar-refractivity contribution in [2.24, 2.45) is 0 Å². The average Bonchev–Trinajstić information content (AvgIpc) is 3.04. The van der Waals surface area contributed by atoms with Crippen molar-refractivity contribution >= 4 is 33.1 Å². The molecule has 0 unspecified atom stereocenters. The van der Waals surface area contributed by atoms with E-state index < -0.39 is 0 Å². The van der Waals surface area contributed by atoms with E-state index in [4.69, 9.17) is 0 Å². The van der Waals surface area contributed by atoms with Crippen molar-refractivity contribution in [3.05, 3.63) is 46.1 Å². The lowest BCUT2D eigenvalue weighted by Gasteiger charge is -2.09. The maximum absolute atomic E-state index is 4.45. The van der Waals surface area contributed by atoms with Crippen molar-refractivity contribution in [2.75, 3.05) is 5.32 Å². The van der Waals surface area contributed by atoms with Gasteiger partial charge in [-0.05, 0) is 61.9 Å². The van der Waals surface area contributed by atoms with Gasteiger partial charge in [-0.3, -0.25) is 0 Å². The van der Waals surface area contributed by atoms with Crippen molar-refractivity contribution < 1.29 is 0 Å². The first kappa shape index (κ1) is 12.8. The summed E-state index contributed by atoms with van der Waals surface area (Å²) in [5, 5.41) is 4.64. The Bertz CT molecular complexity index is 835. The normalized spacial score (nSPS) is 13.6. The number of nitrogens with zero attached hydrogens (tertiary/aromatic N) is 2. The van der Waals surface area contributed by atoms with Gasteiger partial charge in [-0.25, -0.2) is 9.97 Å². The number of fused-ring (bicyclic) bond motifs is 2. The lowest BCUT2D eigenvalue weighted by atomic mass is 10.1. The minimum atomic E-state index is 0.916. The standard InChI is InChI=1S/C17H17N3S/c1-10-11(2)21-17-15(10)16(18-9-19-17)20-14-7-6-12-4-3-5-13(12)8-14/h6-9H,3-5H2,1-2H3,(H,18,19,20). The van der Waals surface area contributed by atoms with Crippen LogP contribution in [0.25, 0.3) is 10.2 Å². The van der Waals surface area contributed by atoms with E-state index in [1.807, 2.05) is 0 Å². The van der Waals surface area contributed by atoms with Gasteiger partial charge in [0, 0.05) is 10.6 Å². The molecule has 0 aliphatic heterocycles. The van der Waals surface area contributed by atoms with Gasteiger partial charge in [0.05, 0.1) is 5.39 Å². The van der Waals surface area contributed by atoms with Crippen molar-refractivity contribution in [1.29, 1.82) is 0 Å². The van der Waals surface area contributed by atoms with Crippen LogP contribution >= 0.6 is 11.3 Å². The molecule has 0 atom stereocenters. The summed E-state index contributed by atoms with van der Waals surface area (Å²) in [6.45, 7) is 4.28. The summed E-state index contributed by atoms with van der Waals surface area (Å²) in [5.41, 5.74) is 5.37. The lowest BCUT2D eigenvalue weighted by molar-refractivity contribution is 0.912. The number of hydrogen-bond donors (Lipinski definition) is 1. The van der Waals surface area contributed by atoms with Crippen LogP contribution in [-0.4, -0.2) is 9.97 Å². The van der Waals surface area contributed by atoms with Gasteiger partial charge in [0.1, 0.15) is 17.0 Å². The molecule has 0 radical (unpaired) electrons. The number of rotatable bonds is 2. The van der Waals surface area contributed by atoms with Crippen LogP contribution in [0.1, 0.15) is 28.0 Å². The minimum absolute atomic E-state index is 0.916. The summed E-state index contributed by atoms with van der Waals surface area (Å²) in [6, 6.07) is 6.67. The molecule has 2 heterocycles. The summed E-state index contributed by atoms with van der Waals surface area (Å²) in [5.74, 6) is 0.916. The van der Waals surface area contributed by atoms with Crippen LogP contribution in [0.5, 0.6) is 0 Å². The highest BCUT2D eigenvalue weighted by atomic mass is 32.1. The molecule has 0 bridgehead atoms. The molecule has 21 heavy (non-hydrogen) atoms. The van der Waals surface area contributed by atoms with Crippen molar-refractivity contribution in [1.82, 2.24) is 9.97 Å². The molecule has 2 aromatic heterocycles. The van der Waals surface area contributed by atoms with Crippen LogP contribution in [0.4, 0.5) is 11.5 Å². The van der Waals surface area contributed by atoms with Gasteiger partial charge in [0.25, 0.3) is 0 Å². The Morgan fingerprint density at radius 1 is 1.10 bits per heavy atom. The Kier molecular flexibility index (Phi) is 2.93. The molecule has 0 saturated carbocycles. The summed E-state index contributed by atoms with van der Waals surface area (Å²) in [6.07, 6.45) is 5.34. The Hall–Kier alpha value is -1.94. The van der Waals surface area contributed by atoms with Crippen molar-refractivity contribution in [3.63, 3.8) is 0 Å². The Labute approximate surface area is 128 Å². The molecule has 4 rings (SSSR count). The number of benzene rings is 1. The zero-order chi connectivity index (χ0) is 14.4. The van der Waals surface area contributed by atoms with Crippen LogP contribution in [0.2, 0.25) is 0 Å². The highest BCUT2D eigenvalue weighted by molar-refractivity contribution is 7.18. The molecule has 0 saturated heterocycles. The maximum Gasteiger partial charge on any atom is 0.142 e. The van der Waals surface area contributed by atoms with E-state index in [1.165, 1.54) is 40.8 Å². The summed E-state index contributed by atoms with van der Waals surface area (Å²) in [7, 11) is 0. The largest absolute Gasteiger partial charge is 0.340 e. The number of thiophene rings is 1. The maximum atomic E-state index is 4.45. The van der Waals surface area contributed by atoms with E-state index in [0.717, 1.165) is 21.7 Å². The predicted molar refractivity (Wildman–Crippen MR) is 88.6 cm³/mol. The second-order valence-electron chi connectivity index (χ2n) is 5.65. The molecular formula is C17H17N3S. The van der Waals surface area contributed by atoms with Crippen molar-refractivity contribution in [2.45, 2.75) is 33.1 Å². The van der Waals surface area contributed by atoms with Crippen LogP contribution in [-0.2, 0) is 12.8 Å². The van der Waals surface area contributed by atoms with Gasteiger partial charge in [-0.1, -0.05) is 6.07 Å². The molecule has 1 aliphatic rings. The highest BCUT2D eigenvalue weighted by Gasteiger charge is 2.14. The molecule has 0 fully saturated rings. The van der Waals surface area contributed by atoms with Gasteiger partial charge in [-0.2, -0.15) is 0 Å². The summed E-state index contributed by atoms with van der Waals surface area (Å²) in [4.78, 5) is 11.2. The first-order chi connectivity index (χ1) is 10.2. The zero-order valence-corrected chi connectivity index (χ0v) is 13.0. The number of anilines is 2. The third-order valence-electron chi connectivity index (χ3n) is 4.33. The molecule has 106 valence electrons. The van der Waals surface area contributed by atoms with E-state index in [1.54, 1.807) is 17.7 Å². The SMILES string of the molecule is Cc1sc2ncnc(Nc3ccc4c(c3)CCC4)c2c1C. The Balaban J connectivity index is 1.77. The third kappa shape index (κ3) is 2.10. The molecule has 3 nitrogen and oxygen atoms in total. The van der Waals surface area contributed by atoms with E-state index in [2.05, 4.69) is 47.3 Å². The average molecular weight is 295 g/mol. The second-order valence-corrected chi connectivity index (χ2v) is 6.85.